The number of benzene rings is 1. The minimum atomic E-state index is -0.416. The van der Waals surface area contributed by atoms with Crippen LogP contribution in [0, 0.1) is 5.82 Å². The molecule has 7 heteroatoms. The van der Waals surface area contributed by atoms with Crippen molar-refractivity contribution in [3.05, 3.63) is 77.8 Å². The van der Waals surface area contributed by atoms with E-state index in [9.17, 15) is 4.39 Å². The van der Waals surface area contributed by atoms with E-state index in [0.717, 1.165) is 39.1 Å². The van der Waals surface area contributed by atoms with Gasteiger partial charge in [-0.05, 0) is 36.6 Å². The quantitative estimate of drug-likeness (QED) is 0.344. The van der Waals surface area contributed by atoms with Gasteiger partial charge in [0.1, 0.15) is 11.6 Å². The third kappa shape index (κ3) is 3.68. The Morgan fingerprint density at radius 3 is 2.94 bits per heavy atom. The molecule has 4 heterocycles. The van der Waals surface area contributed by atoms with Gasteiger partial charge in [-0.25, -0.2) is 14.4 Å². The highest BCUT2D eigenvalue weighted by atomic mass is 32.1. The number of para-hydroxylation sites is 1. The number of hydrogen-bond acceptors (Lipinski definition) is 5. The van der Waals surface area contributed by atoms with E-state index in [1.165, 1.54) is 23.2 Å². The summed E-state index contributed by atoms with van der Waals surface area (Å²) >= 11 is 1.58. The Kier molecular flexibility index (Phi) is 4.95. The maximum Gasteiger partial charge on any atom is 0.163 e. The molecule has 0 saturated carbocycles. The second-order valence-corrected chi connectivity index (χ2v) is 8.31. The highest BCUT2D eigenvalue weighted by molar-refractivity contribution is 7.18. The number of hydrogen-bond donors (Lipinski definition) is 2. The summed E-state index contributed by atoms with van der Waals surface area (Å²) in [6.45, 7) is 6.73. The summed E-state index contributed by atoms with van der Waals surface area (Å²) in [5.41, 5.74) is 5.65. The lowest BCUT2D eigenvalue weighted by molar-refractivity contribution is 0.622. The van der Waals surface area contributed by atoms with E-state index in [1.54, 1.807) is 17.5 Å². The van der Waals surface area contributed by atoms with Crippen LogP contribution in [0.2, 0.25) is 0 Å². The summed E-state index contributed by atoms with van der Waals surface area (Å²) in [5.74, 6) is 0.761. The molecule has 31 heavy (non-hydrogen) atoms. The van der Waals surface area contributed by atoms with Gasteiger partial charge in [-0.3, -0.25) is 4.98 Å². The van der Waals surface area contributed by atoms with E-state index in [-0.39, 0.29) is 0 Å². The number of fused-ring (bicyclic) bond motifs is 2. The van der Waals surface area contributed by atoms with Gasteiger partial charge in [0.15, 0.2) is 5.82 Å². The van der Waals surface area contributed by atoms with Crippen LogP contribution >= 0.6 is 11.3 Å². The summed E-state index contributed by atoms with van der Waals surface area (Å²) in [4.78, 5) is 16.7. The number of nitrogens with one attached hydrogen (secondary N) is 2. The Morgan fingerprint density at radius 2 is 2.10 bits per heavy atom. The topological polar surface area (TPSA) is 66.5 Å². The van der Waals surface area contributed by atoms with Crippen molar-refractivity contribution >= 4 is 43.8 Å². The van der Waals surface area contributed by atoms with Crippen LogP contribution in [0.4, 0.5) is 10.2 Å². The fourth-order valence-corrected chi connectivity index (χ4v) is 4.70. The number of aromatic amines is 1. The molecule has 0 bridgehead atoms. The van der Waals surface area contributed by atoms with Gasteiger partial charge < -0.3 is 10.3 Å². The number of H-pyrrole nitrogens is 1. The summed E-state index contributed by atoms with van der Waals surface area (Å²) < 4.78 is 14.7. The van der Waals surface area contributed by atoms with E-state index < -0.39 is 5.82 Å². The molecular formula is C24H20FN5S. The molecule has 0 fully saturated rings. The highest BCUT2D eigenvalue weighted by Gasteiger charge is 2.16. The maximum atomic E-state index is 13.8. The van der Waals surface area contributed by atoms with E-state index in [1.807, 2.05) is 24.4 Å². The predicted molar refractivity (Wildman–Crippen MR) is 126 cm³/mol. The number of nitrogens with zero attached hydrogens (tertiary/aromatic N) is 3. The third-order valence-electron chi connectivity index (χ3n) is 5.20. The number of aromatic nitrogens is 4. The van der Waals surface area contributed by atoms with Crippen molar-refractivity contribution in [2.24, 2.45) is 0 Å². The van der Waals surface area contributed by atoms with E-state index >= 15 is 0 Å². The second kappa shape index (κ2) is 7.92. The van der Waals surface area contributed by atoms with Crippen LogP contribution in [-0.2, 0) is 6.42 Å². The Hall–Kier alpha value is -3.58. The molecule has 0 amide bonds. The van der Waals surface area contributed by atoms with Crippen molar-refractivity contribution in [3.63, 3.8) is 0 Å². The normalized spacial score (nSPS) is 11.3. The number of pyridine rings is 1. The lowest BCUT2D eigenvalue weighted by Gasteiger charge is -2.10. The average Bonchev–Trinajstić information content (AvgIpc) is 3.38. The Labute approximate surface area is 182 Å². The molecule has 4 aromatic heterocycles. The first-order valence-electron chi connectivity index (χ1n) is 9.95. The first kappa shape index (κ1) is 19.4. The molecule has 0 aliphatic heterocycles. The standard InChI is InChI=1S/C24H20FN5S/c1-14(2)19-13-31-22-21(19)29-23(16-9-17(25)12-26-10-16)30-24(22)27-8-7-15-11-28-20-6-4-3-5-18(15)20/h3-6,9-13,28H,1,7-8H2,2H3,(H,27,29,30). The van der Waals surface area contributed by atoms with E-state index in [0.29, 0.717) is 17.9 Å². The highest BCUT2D eigenvalue weighted by Crippen LogP contribution is 2.35. The zero-order chi connectivity index (χ0) is 21.4. The molecule has 5 nitrogen and oxygen atoms in total. The number of halogens is 1. The van der Waals surface area contributed by atoms with Crippen molar-refractivity contribution in [2.75, 3.05) is 11.9 Å². The van der Waals surface area contributed by atoms with Crippen LogP contribution in [0.15, 0.2) is 60.9 Å². The van der Waals surface area contributed by atoms with Crippen LogP contribution in [0.5, 0.6) is 0 Å². The molecule has 2 N–H and O–H groups in total. The molecule has 5 aromatic rings. The monoisotopic (exact) mass is 429 g/mol. The lowest BCUT2D eigenvalue weighted by atomic mass is 10.1. The molecule has 1 aromatic carbocycles. The fourth-order valence-electron chi connectivity index (χ4n) is 3.66. The van der Waals surface area contributed by atoms with Gasteiger partial charge in [0.05, 0.1) is 16.4 Å². The number of rotatable bonds is 6. The molecule has 154 valence electrons. The smallest absolute Gasteiger partial charge is 0.163 e. The Morgan fingerprint density at radius 1 is 1.23 bits per heavy atom. The van der Waals surface area contributed by atoms with Gasteiger partial charge in [-0.1, -0.05) is 24.8 Å². The van der Waals surface area contributed by atoms with Gasteiger partial charge in [0, 0.05) is 46.3 Å². The van der Waals surface area contributed by atoms with Crippen LogP contribution in [0.25, 0.3) is 38.1 Å². The van der Waals surface area contributed by atoms with Gasteiger partial charge in [0.2, 0.25) is 0 Å². The van der Waals surface area contributed by atoms with Crippen molar-refractivity contribution in [3.8, 4) is 11.4 Å². The molecular weight excluding hydrogens is 409 g/mol. The Bertz CT molecular complexity index is 1420. The fraction of sp³-hybridized carbons (Fsp3) is 0.125. The molecule has 0 unspecified atom stereocenters. The second-order valence-electron chi connectivity index (χ2n) is 7.43. The van der Waals surface area contributed by atoms with Crippen LogP contribution in [0.3, 0.4) is 0 Å². The molecule has 5 rings (SSSR count). The number of anilines is 1. The predicted octanol–water partition coefficient (Wildman–Crippen LogP) is 6.06. The summed E-state index contributed by atoms with van der Waals surface area (Å²) in [5, 5.41) is 6.74. The zero-order valence-electron chi connectivity index (χ0n) is 16.9. The van der Waals surface area contributed by atoms with Crippen LogP contribution in [0.1, 0.15) is 18.1 Å². The Balaban J connectivity index is 1.50. The van der Waals surface area contributed by atoms with E-state index in [2.05, 4.69) is 40.2 Å². The molecule has 0 atom stereocenters. The van der Waals surface area contributed by atoms with E-state index in [4.69, 9.17) is 9.97 Å². The third-order valence-corrected chi connectivity index (χ3v) is 6.18. The largest absolute Gasteiger partial charge is 0.368 e. The first-order chi connectivity index (χ1) is 15.1. The zero-order valence-corrected chi connectivity index (χ0v) is 17.8. The molecule has 0 saturated heterocycles. The number of allylic oxidation sites excluding steroid dienone is 1. The SMILES string of the molecule is C=C(C)c1csc2c(NCCc3c[nH]c4ccccc34)nc(-c3cncc(F)c3)nc12. The summed E-state index contributed by atoms with van der Waals surface area (Å²) in [7, 11) is 0. The number of thiophene rings is 1. The van der Waals surface area contributed by atoms with Gasteiger partial charge in [-0.15, -0.1) is 11.3 Å². The van der Waals surface area contributed by atoms with Gasteiger partial charge in [-0.2, -0.15) is 0 Å². The van der Waals surface area contributed by atoms with Crippen molar-refractivity contribution in [2.45, 2.75) is 13.3 Å². The molecule has 0 aliphatic carbocycles. The average molecular weight is 430 g/mol. The summed E-state index contributed by atoms with van der Waals surface area (Å²) in [6.07, 6.45) is 5.64. The first-order valence-corrected chi connectivity index (χ1v) is 10.8. The van der Waals surface area contributed by atoms with Gasteiger partial charge >= 0.3 is 0 Å². The summed E-state index contributed by atoms with van der Waals surface area (Å²) in [6, 6.07) is 9.67. The molecule has 0 radical (unpaired) electrons. The minimum absolute atomic E-state index is 0.416. The van der Waals surface area contributed by atoms with Gasteiger partial charge in [0.25, 0.3) is 0 Å². The molecule has 0 aliphatic rings. The lowest BCUT2D eigenvalue weighted by Crippen LogP contribution is -2.07. The van der Waals surface area contributed by atoms with Crippen molar-refractivity contribution in [1.82, 2.24) is 19.9 Å². The maximum absolute atomic E-state index is 13.8. The van der Waals surface area contributed by atoms with Crippen LogP contribution in [-0.4, -0.2) is 26.5 Å². The van der Waals surface area contributed by atoms with Crippen LogP contribution < -0.4 is 5.32 Å². The molecule has 0 spiro atoms. The minimum Gasteiger partial charge on any atom is -0.368 e. The van der Waals surface area contributed by atoms with Crippen molar-refractivity contribution in [1.29, 1.82) is 0 Å². The van der Waals surface area contributed by atoms with Crippen molar-refractivity contribution < 1.29 is 4.39 Å².